The number of hydrogen-bond donors (Lipinski definition) is 1. The van der Waals surface area contributed by atoms with Gasteiger partial charge in [-0.15, -0.1) is 0 Å². The monoisotopic (exact) mass is 270 g/mol. The van der Waals surface area contributed by atoms with Crippen molar-refractivity contribution in [1.29, 1.82) is 0 Å². The van der Waals surface area contributed by atoms with Gasteiger partial charge in [-0.3, -0.25) is 9.78 Å². The largest absolute Gasteiger partial charge is 0.319 e. The third-order valence-electron chi connectivity index (χ3n) is 2.27. The number of pyridine rings is 1. The molecule has 0 spiro atoms. The molecule has 0 aliphatic carbocycles. The zero-order chi connectivity index (χ0) is 14.0. The molecule has 2 rings (SSSR count). The van der Waals surface area contributed by atoms with Gasteiger partial charge < -0.3 is 5.32 Å². The zero-order valence-corrected chi connectivity index (χ0v) is 9.25. The van der Waals surface area contributed by atoms with Crippen LogP contribution < -0.4 is 5.32 Å². The SMILES string of the molecule is O=C(Nc1ccncc1F)c1cc(F)c(F)c(F)c1. The van der Waals surface area contributed by atoms with Crippen molar-refractivity contribution in [1.82, 2.24) is 4.98 Å². The van der Waals surface area contributed by atoms with E-state index in [1.54, 1.807) is 0 Å². The summed E-state index contributed by atoms with van der Waals surface area (Å²) in [5.74, 6) is -6.45. The summed E-state index contributed by atoms with van der Waals surface area (Å²) < 4.78 is 51.8. The molecule has 0 fully saturated rings. The van der Waals surface area contributed by atoms with Crippen molar-refractivity contribution < 1.29 is 22.4 Å². The summed E-state index contributed by atoms with van der Waals surface area (Å²) in [7, 11) is 0. The van der Waals surface area contributed by atoms with Gasteiger partial charge >= 0.3 is 0 Å². The van der Waals surface area contributed by atoms with Crippen LogP contribution in [-0.4, -0.2) is 10.9 Å². The van der Waals surface area contributed by atoms with E-state index in [0.29, 0.717) is 12.1 Å². The maximum absolute atomic E-state index is 13.2. The first-order valence-corrected chi connectivity index (χ1v) is 5.04. The van der Waals surface area contributed by atoms with Crippen LogP contribution in [-0.2, 0) is 0 Å². The normalized spacial score (nSPS) is 10.3. The number of nitrogens with one attached hydrogen (secondary N) is 1. The van der Waals surface area contributed by atoms with Crippen molar-refractivity contribution in [3.63, 3.8) is 0 Å². The van der Waals surface area contributed by atoms with Crippen LogP contribution in [0.25, 0.3) is 0 Å². The van der Waals surface area contributed by atoms with Gasteiger partial charge in [-0.25, -0.2) is 17.6 Å². The molecule has 19 heavy (non-hydrogen) atoms. The van der Waals surface area contributed by atoms with Crippen molar-refractivity contribution in [2.24, 2.45) is 0 Å². The lowest BCUT2D eigenvalue weighted by molar-refractivity contribution is 0.102. The molecule has 0 bridgehead atoms. The molecule has 1 N–H and O–H groups in total. The van der Waals surface area contributed by atoms with E-state index < -0.39 is 34.7 Å². The number of hydrogen-bond acceptors (Lipinski definition) is 2. The Kier molecular flexibility index (Phi) is 3.46. The van der Waals surface area contributed by atoms with Crippen molar-refractivity contribution in [2.45, 2.75) is 0 Å². The number of carbonyl (C=O) groups is 1. The third kappa shape index (κ3) is 2.70. The summed E-state index contributed by atoms with van der Waals surface area (Å²) >= 11 is 0. The van der Waals surface area contributed by atoms with Gasteiger partial charge in [0.25, 0.3) is 5.91 Å². The molecule has 3 nitrogen and oxygen atoms in total. The van der Waals surface area contributed by atoms with E-state index in [1.807, 2.05) is 0 Å². The van der Waals surface area contributed by atoms with Crippen LogP contribution in [0.4, 0.5) is 23.2 Å². The third-order valence-corrected chi connectivity index (χ3v) is 2.27. The molecule has 7 heteroatoms. The highest BCUT2D eigenvalue weighted by Crippen LogP contribution is 2.16. The lowest BCUT2D eigenvalue weighted by Gasteiger charge is -2.06. The van der Waals surface area contributed by atoms with Gasteiger partial charge in [0.05, 0.1) is 11.9 Å². The Hall–Kier alpha value is -2.44. The Labute approximate surface area is 104 Å². The Morgan fingerprint density at radius 3 is 2.26 bits per heavy atom. The molecular weight excluding hydrogens is 264 g/mol. The molecule has 0 radical (unpaired) electrons. The fraction of sp³-hybridized carbons (Fsp3) is 0. The summed E-state index contributed by atoms with van der Waals surface area (Å²) in [4.78, 5) is 15.1. The Morgan fingerprint density at radius 1 is 1.05 bits per heavy atom. The van der Waals surface area contributed by atoms with E-state index in [-0.39, 0.29) is 5.69 Å². The first-order chi connectivity index (χ1) is 8.99. The Morgan fingerprint density at radius 2 is 1.68 bits per heavy atom. The molecule has 98 valence electrons. The minimum Gasteiger partial charge on any atom is -0.319 e. The molecule has 1 amide bonds. The van der Waals surface area contributed by atoms with Crippen molar-refractivity contribution in [2.75, 3.05) is 5.32 Å². The summed E-state index contributed by atoms with van der Waals surface area (Å²) in [5.41, 5.74) is -0.669. The number of halogens is 4. The zero-order valence-electron chi connectivity index (χ0n) is 9.25. The summed E-state index contributed by atoms with van der Waals surface area (Å²) in [6.07, 6.45) is 2.09. The second-order valence-electron chi connectivity index (χ2n) is 3.56. The van der Waals surface area contributed by atoms with E-state index in [9.17, 15) is 22.4 Å². The van der Waals surface area contributed by atoms with Crippen LogP contribution in [0.2, 0.25) is 0 Å². The number of carbonyl (C=O) groups excluding carboxylic acids is 1. The number of benzene rings is 1. The van der Waals surface area contributed by atoms with E-state index >= 15 is 0 Å². The lowest BCUT2D eigenvalue weighted by Crippen LogP contribution is -2.14. The van der Waals surface area contributed by atoms with Crippen LogP contribution in [0.15, 0.2) is 30.6 Å². The van der Waals surface area contributed by atoms with Crippen molar-refractivity contribution >= 4 is 11.6 Å². The smallest absolute Gasteiger partial charge is 0.255 e. The average Bonchev–Trinajstić information content (AvgIpc) is 2.38. The predicted octanol–water partition coefficient (Wildman–Crippen LogP) is 2.89. The van der Waals surface area contributed by atoms with Crippen molar-refractivity contribution in [3.8, 4) is 0 Å². The highest BCUT2D eigenvalue weighted by atomic mass is 19.2. The lowest BCUT2D eigenvalue weighted by atomic mass is 10.2. The Balaban J connectivity index is 2.28. The number of nitrogens with zero attached hydrogens (tertiary/aromatic N) is 1. The second kappa shape index (κ2) is 5.05. The number of amides is 1. The topological polar surface area (TPSA) is 42.0 Å². The quantitative estimate of drug-likeness (QED) is 0.673. The standard InChI is InChI=1S/C12H6F4N2O/c13-7-3-6(4-8(14)11(7)16)12(19)18-10-1-2-17-5-9(10)15/h1-5H,(H,17,18,19). The molecule has 2 aromatic rings. The van der Waals surface area contributed by atoms with Gasteiger partial charge in [-0.1, -0.05) is 0 Å². The van der Waals surface area contributed by atoms with Crippen LogP contribution in [0, 0.1) is 23.3 Å². The first kappa shape index (κ1) is 13.0. The van der Waals surface area contributed by atoms with Crippen LogP contribution in [0.5, 0.6) is 0 Å². The molecule has 0 aliphatic rings. The van der Waals surface area contributed by atoms with E-state index in [2.05, 4.69) is 10.3 Å². The predicted molar refractivity (Wildman–Crippen MR) is 58.5 cm³/mol. The maximum Gasteiger partial charge on any atom is 0.255 e. The highest BCUT2D eigenvalue weighted by Gasteiger charge is 2.16. The molecule has 0 saturated carbocycles. The minimum absolute atomic E-state index is 0.204. The van der Waals surface area contributed by atoms with Crippen molar-refractivity contribution in [3.05, 3.63) is 59.4 Å². The summed E-state index contributed by atoms with van der Waals surface area (Å²) in [5, 5.41) is 2.09. The Bertz CT molecular complexity index is 622. The second-order valence-corrected chi connectivity index (χ2v) is 3.56. The van der Waals surface area contributed by atoms with Gasteiger partial charge in [-0.2, -0.15) is 0 Å². The van der Waals surface area contributed by atoms with Gasteiger partial charge in [-0.05, 0) is 18.2 Å². The van der Waals surface area contributed by atoms with E-state index in [0.717, 1.165) is 6.20 Å². The summed E-state index contributed by atoms with van der Waals surface area (Å²) in [6.45, 7) is 0. The number of aromatic nitrogens is 1. The maximum atomic E-state index is 13.2. The van der Waals surface area contributed by atoms with Gasteiger partial charge in [0.15, 0.2) is 23.3 Å². The highest BCUT2D eigenvalue weighted by molar-refractivity contribution is 6.04. The molecular formula is C12H6F4N2O. The minimum atomic E-state index is -1.67. The van der Waals surface area contributed by atoms with Gasteiger partial charge in [0, 0.05) is 11.8 Å². The fourth-order valence-electron chi connectivity index (χ4n) is 1.36. The molecule has 1 heterocycles. The molecule has 0 unspecified atom stereocenters. The van der Waals surface area contributed by atoms with Gasteiger partial charge in [0.2, 0.25) is 0 Å². The van der Waals surface area contributed by atoms with Crippen LogP contribution in [0.1, 0.15) is 10.4 Å². The van der Waals surface area contributed by atoms with E-state index in [1.165, 1.54) is 12.3 Å². The molecule has 1 aromatic heterocycles. The number of anilines is 1. The molecule has 0 atom stereocenters. The molecule has 1 aromatic carbocycles. The molecule has 0 aliphatic heterocycles. The molecule has 0 saturated heterocycles. The van der Waals surface area contributed by atoms with Crippen LogP contribution in [0.3, 0.4) is 0 Å². The number of rotatable bonds is 2. The fourth-order valence-corrected chi connectivity index (χ4v) is 1.36. The van der Waals surface area contributed by atoms with Gasteiger partial charge in [0.1, 0.15) is 0 Å². The van der Waals surface area contributed by atoms with E-state index in [4.69, 9.17) is 0 Å². The van der Waals surface area contributed by atoms with Crippen LogP contribution >= 0.6 is 0 Å². The first-order valence-electron chi connectivity index (χ1n) is 5.04. The summed E-state index contributed by atoms with van der Waals surface area (Å²) in [6, 6.07) is 2.21. The average molecular weight is 270 g/mol.